The van der Waals surface area contributed by atoms with Gasteiger partial charge in [-0.2, -0.15) is 0 Å². The first kappa shape index (κ1) is 9.78. The minimum absolute atomic E-state index is 0.386. The quantitative estimate of drug-likeness (QED) is 0.755. The van der Waals surface area contributed by atoms with E-state index in [1.807, 2.05) is 17.4 Å². The Bertz CT molecular complexity index is 480. The van der Waals surface area contributed by atoms with Crippen LogP contribution in [-0.2, 0) is 6.42 Å². The summed E-state index contributed by atoms with van der Waals surface area (Å²) in [6, 6.07) is 4.46. The second-order valence-corrected chi connectivity index (χ2v) is 4.97. The van der Waals surface area contributed by atoms with Crippen molar-refractivity contribution in [3.63, 3.8) is 0 Å². The lowest BCUT2D eigenvalue weighted by Gasteiger charge is -2.33. The van der Waals surface area contributed by atoms with Crippen LogP contribution in [0.2, 0.25) is 0 Å². The molecule has 0 radical (unpaired) electrons. The average molecular weight is 231 g/mol. The van der Waals surface area contributed by atoms with Crippen molar-refractivity contribution in [2.24, 2.45) is 0 Å². The van der Waals surface area contributed by atoms with Gasteiger partial charge in [-0.15, -0.1) is 11.3 Å². The van der Waals surface area contributed by atoms with Crippen molar-refractivity contribution in [1.82, 2.24) is 9.97 Å². The van der Waals surface area contributed by atoms with Crippen LogP contribution in [-0.4, -0.2) is 16.5 Å². The van der Waals surface area contributed by atoms with Crippen LogP contribution in [0.15, 0.2) is 29.9 Å². The Morgan fingerprint density at radius 1 is 1.38 bits per heavy atom. The van der Waals surface area contributed by atoms with Gasteiger partial charge in [-0.3, -0.25) is 0 Å². The number of nitrogens with zero attached hydrogens (tertiary/aromatic N) is 3. The fourth-order valence-corrected chi connectivity index (χ4v) is 3.18. The zero-order valence-corrected chi connectivity index (χ0v) is 9.94. The van der Waals surface area contributed by atoms with Gasteiger partial charge in [0.05, 0.1) is 6.04 Å². The first-order valence-electron chi connectivity index (χ1n) is 5.46. The Kier molecular flexibility index (Phi) is 2.36. The number of aromatic nitrogens is 2. The summed E-state index contributed by atoms with van der Waals surface area (Å²) in [6.07, 6.45) is 4.71. The van der Waals surface area contributed by atoms with Gasteiger partial charge in [0.25, 0.3) is 0 Å². The van der Waals surface area contributed by atoms with Gasteiger partial charge in [0, 0.05) is 23.8 Å². The summed E-state index contributed by atoms with van der Waals surface area (Å²) >= 11 is 1.86. The van der Waals surface area contributed by atoms with E-state index in [-0.39, 0.29) is 0 Å². The Labute approximate surface area is 98.8 Å². The van der Waals surface area contributed by atoms with Crippen LogP contribution in [0.1, 0.15) is 23.4 Å². The molecule has 0 saturated carbocycles. The lowest BCUT2D eigenvalue weighted by molar-refractivity contribution is 0.615. The summed E-state index contributed by atoms with van der Waals surface area (Å²) in [4.78, 5) is 12.4. The predicted octanol–water partition coefficient (Wildman–Crippen LogP) is 2.66. The number of rotatable bonds is 1. The Balaban J connectivity index is 1.96. The van der Waals surface area contributed by atoms with Gasteiger partial charge >= 0.3 is 0 Å². The molecule has 1 atom stereocenters. The number of hydrogen-bond donors (Lipinski definition) is 0. The van der Waals surface area contributed by atoms with Crippen LogP contribution >= 0.6 is 11.3 Å². The number of anilines is 1. The molecule has 1 aliphatic rings. The normalized spacial score (nSPS) is 19.6. The zero-order chi connectivity index (χ0) is 11.0. The summed E-state index contributed by atoms with van der Waals surface area (Å²) in [7, 11) is 0. The van der Waals surface area contributed by atoms with Gasteiger partial charge < -0.3 is 4.90 Å². The van der Waals surface area contributed by atoms with E-state index >= 15 is 0 Å². The summed E-state index contributed by atoms with van der Waals surface area (Å²) < 4.78 is 0. The second kappa shape index (κ2) is 3.87. The minimum atomic E-state index is 0.386. The molecule has 0 aliphatic carbocycles. The molecule has 3 heterocycles. The van der Waals surface area contributed by atoms with Crippen molar-refractivity contribution in [3.05, 3.63) is 40.3 Å². The van der Waals surface area contributed by atoms with E-state index < -0.39 is 0 Å². The third kappa shape index (κ3) is 1.50. The Hall–Kier alpha value is -1.42. The van der Waals surface area contributed by atoms with Crippen LogP contribution in [0.3, 0.4) is 0 Å². The van der Waals surface area contributed by atoms with E-state index in [2.05, 4.69) is 33.2 Å². The van der Waals surface area contributed by atoms with E-state index in [0.29, 0.717) is 6.04 Å². The monoisotopic (exact) mass is 231 g/mol. The standard InChI is InChI=1S/C12H13N3S/c1-9-10-4-8-16-11(10)3-7-15(9)12-13-5-2-6-14-12/h2,4-6,8-9H,3,7H2,1H3. The molecule has 0 spiro atoms. The Morgan fingerprint density at radius 2 is 2.19 bits per heavy atom. The molecule has 3 nitrogen and oxygen atoms in total. The van der Waals surface area contributed by atoms with Crippen molar-refractivity contribution in [3.8, 4) is 0 Å². The van der Waals surface area contributed by atoms with Gasteiger partial charge in [0.15, 0.2) is 0 Å². The molecule has 1 unspecified atom stereocenters. The molecular formula is C12H13N3S. The number of thiophene rings is 1. The van der Waals surface area contributed by atoms with Gasteiger partial charge in [0.1, 0.15) is 0 Å². The molecule has 0 saturated heterocycles. The molecule has 1 aliphatic heterocycles. The van der Waals surface area contributed by atoms with Crippen molar-refractivity contribution in [1.29, 1.82) is 0 Å². The fourth-order valence-electron chi connectivity index (χ4n) is 2.22. The predicted molar refractivity (Wildman–Crippen MR) is 65.8 cm³/mol. The van der Waals surface area contributed by atoms with Crippen LogP contribution in [0.5, 0.6) is 0 Å². The molecule has 0 N–H and O–H groups in total. The van der Waals surface area contributed by atoms with Gasteiger partial charge in [-0.25, -0.2) is 9.97 Å². The lowest BCUT2D eigenvalue weighted by atomic mass is 10.0. The molecule has 3 rings (SSSR count). The number of fused-ring (bicyclic) bond motifs is 1. The first-order chi connectivity index (χ1) is 7.86. The van der Waals surface area contributed by atoms with Gasteiger partial charge in [0.2, 0.25) is 5.95 Å². The van der Waals surface area contributed by atoms with Crippen molar-refractivity contribution in [2.45, 2.75) is 19.4 Å². The molecule has 0 fully saturated rings. The topological polar surface area (TPSA) is 29.0 Å². The highest BCUT2D eigenvalue weighted by Gasteiger charge is 2.25. The highest BCUT2D eigenvalue weighted by atomic mass is 32.1. The maximum Gasteiger partial charge on any atom is 0.225 e. The van der Waals surface area contributed by atoms with Crippen LogP contribution in [0.25, 0.3) is 0 Å². The second-order valence-electron chi connectivity index (χ2n) is 3.97. The molecule has 82 valence electrons. The summed E-state index contributed by atoms with van der Waals surface area (Å²) in [6.45, 7) is 3.24. The molecule has 0 amide bonds. The summed E-state index contributed by atoms with van der Waals surface area (Å²) in [5.41, 5.74) is 1.43. The van der Waals surface area contributed by atoms with Crippen LogP contribution in [0, 0.1) is 0 Å². The first-order valence-corrected chi connectivity index (χ1v) is 6.34. The molecule has 2 aromatic rings. The maximum atomic E-state index is 4.33. The molecule has 2 aromatic heterocycles. The Morgan fingerprint density at radius 3 is 3.00 bits per heavy atom. The van der Waals surface area contributed by atoms with E-state index in [4.69, 9.17) is 0 Å². The van der Waals surface area contributed by atoms with Gasteiger partial charge in [-0.05, 0) is 36.4 Å². The number of hydrogen-bond acceptors (Lipinski definition) is 4. The molecule has 0 bridgehead atoms. The van der Waals surface area contributed by atoms with Gasteiger partial charge in [-0.1, -0.05) is 0 Å². The van der Waals surface area contributed by atoms with Crippen LogP contribution < -0.4 is 4.90 Å². The highest BCUT2D eigenvalue weighted by Crippen LogP contribution is 2.34. The average Bonchev–Trinajstić information content (AvgIpc) is 2.80. The van der Waals surface area contributed by atoms with Crippen LogP contribution in [0.4, 0.5) is 5.95 Å². The SMILES string of the molecule is CC1c2ccsc2CCN1c1ncccn1. The molecule has 4 heteroatoms. The molecular weight excluding hydrogens is 218 g/mol. The largest absolute Gasteiger partial charge is 0.334 e. The van der Waals surface area contributed by atoms with Crippen molar-refractivity contribution in [2.75, 3.05) is 11.4 Å². The maximum absolute atomic E-state index is 4.33. The zero-order valence-electron chi connectivity index (χ0n) is 9.13. The molecule has 16 heavy (non-hydrogen) atoms. The van der Waals surface area contributed by atoms with E-state index in [0.717, 1.165) is 18.9 Å². The van der Waals surface area contributed by atoms with Crippen molar-refractivity contribution >= 4 is 17.3 Å². The lowest BCUT2D eigenvalue weighted by Crippen LogP contribution is -2.34. The van der Waals surface area contributed by atoms with E-state index in [9.17, 15) is 0 Å². The van der Waals surface area contributed by atoms with E-state index in [1.54, 1.807) is 12.4 Å². The molecule has 0 aromatic carbocycles. The minimum Gasteiger partial charge on any atom is -0.334 e. The fraction of sp³-hybridized carbons (Fsp3) is 0.333. The third-order valence-electron chi connectivity index (χ3n) is 3.09. The summed E-state index contributed by atoms with van der Waals surface area (Å²) in [5, 5.41) is 2.18. The van der Waals surface area contributed by atoms with Crippen molar-refractivity contribution < 1.29 is 0 Å². The smallest absolute Gasteiger partial charge is 0.225 e. The summed E-state index contributed by atoms with van der Waals surface area (Å²) in [5.74, 6) is 0.840. The highest BCUT2D eigenvalue weighted by molar-refractivity contribution is 7.10. The van der Waals surface area contributed by atoms with E-state index in [1.165, 1.54) is 10.4 Å². The third-order valence-corrected chi connectivity index (χ3v) is 4.08.